The maximum Gasteiger partial charge on any atom is 0.0728 e. The number of ether oxygens (including phenoxy) is 1. The van der Waals surface area contributed by atoms with Crippen LogP contribution in [0.25, 0.3) is 0 Å². The molecule has 0 spiro atoms. The predicted molar refractivity (Wildman–Crippen MR) is 67.9 cm³/mol. The lowest BCUT2D eigenvalue weighted by Gasteiger charge is -2.31. The molecule has 1 rings (SSSR count). The Labute approximate surface area is 98.6 Å². The number of hydrogen-bond donors (Lipinski definition) is 1. The van der Waals surface area contributed by atoms with Crippen LogP contribution in [0.2, 0.25) is 0 Å². The predicted octanol–water partition coefficient (Wildman–Crippen LogP) is 2.89. The van der Waals surface area contributed by atoms with Gasteiger partial charge in [0.25, 0.3) is 0 Å². The molecular formula is C12H23NOS. The fraction of sp³-hybridized carbons (Fsp3) is 0.917. The van der Waals surface area contributed by atoms with E-state index in [1.54, 1.807) is 0 Å². The van der Waals surface area contributed by atoms with Crippen molar-refractivity contribution >= 4 is 17.2 Å². The summed E-state index contributed by atoms with van der Waals surface area (Å²) in [5.74, 6) is 1.63. The largest absolute Gasteiger partial charge is 0.393 e. The number of hydrogen-bond acceptors (Lipinski definition) is 2. The highest BCUT2D eigenvalue weighted by molar-refractivity contribution is 7.80. The van der Waals surface area contributed by atoms with E-state index in [4.69, 9.17) is 22.7 Å². The maximum atomic E-state index is 5.86. The highest BCUT2D eigenvalue weighted by Crippen LogP contribution is 2.30. The summed E-state index contributed by atoms with van der Waals surface area (Å²) in [6.45, 7) is 5.45. The van der Waals surface area contributed by atoms with Crippen molar-refractivity contribution in [3.8, 4) is 0 Å². The van der Waals surface area contributed by atoms with Crippen molar-refractivity contribution in [2.24, 2.45) is 17.6 Å². The normalized spacial score (nSPS) is 31.5. The first-order valence-corrected chi connectivity index (χ1v) is 6.38. The molecule has 0 heterocycles. The standard InChI is InChI=1S/C12H23NOS/c1-9-6-10(2)8-11(7-9)14-5-3-4-12(13)15/h9-11H,3-8H2,1-2H3,(H2,13,15). The van der Waals surface area contributed by atoms with Gasteiger partial charge in [0.2, 0.25) is 0 Å². The quantitative estimate of drug-likeness (QED) is 0.581. The summed E-state index contributed by atoms with van der Waals surface area (Å²) in [5, 5.41) is 0. The van der Waals surface area contributed by atoms with Gasteiger partial charge in [0.05, 0.1) is 11.1 Å². The highest BCUT2D eigenvalue weighted by Gasteiger charge is 2.23. The van der Waals surface area contributed by atoms with Gasteiger partial charge < -0.3 is 10.5 Å². The molecular weight excluding hydrogens is 206 g/mol. The second-order valence-electron chi connectivity index (χ2n) is 4.98. The lowest BCUT2D eigenvalue weighted by Crippen LogP contribution is -2.26. The number of rotatable bonds is 5. The summed E-state index contributed by atoms with van der Waals surface area (Å²) in [7, 11) is 0. The summed E-state index contributed by atoms with van der Waals surface area (Å²) in [6.07, 6.45) is 6.04. The first kappa shape index (κ1) is 12.9. The average molecular weight is 229 g/mol. The van der Waals surface area contributed by atoms with Crippen LogP contribution in [0.15, 0.2) is 0 Å². The fourth-order valence-corrected chi connectivity index (χ4v) is 2.65. The van der Waals surface area contributed by atoms with Gasteiger partial charge in [0, 0.05) is 6.61 Å². The van der Waals surface area contributed by atoms with E-state index in [2.05, 4.69) is 13.8 Å². The molecule has 1 saturated carbocycles. The molecule has 2 atom stereocenters. The molecule has 1 aliphatic rings. The van der Waals surface area contributed by atoms with Crippen molar-refractivity contribution in [3.63, 3.8) is 0 Å². The minimum absolute atomic E-state index is 0.468. The van der Waals surface area contributed by atoms with E-state index in [1.807, 2.05) is 0 Å². The molecule has 88 valence electrons. The van der Waals surface area contributed by atoms with Crippen molar-refractivity contribution in [1.29, 1.82) is 0 Å². The lowest BCUT2D eigenvalue weighted by molar-refractivity contribution is 0.000634. The molecule has 2 nitrogen and oxygen atoms in total. The molecule has 2 unspecified atom stereocenters. The molecule has 0 aromatic carbocycles. The van der Waals surface area contributed by atoms with Crippen LogP contribution in [-0.4, -0.2) is 17.7 Å². The summed E-state index contributed by atoms with van der Waals surface area (Å²) in [6, 6.07) is 0. The van der Waals surface area contributed by atoms with Crippen LogP contribution in [-0.2, 0) is 4.74 Å². The minimum atomic E-state index is 0.468. The molecule has 3 heteroatoms. The van der Waals surface area contributed by atoms with Crippen LogP contribution in [0.5, 0.6) is 0 Å². The smallest absolute Gasteiger partial charge is 0.0728 e. The number of nitrogens with two attached hydrogens (primary N) is 1. The van der Waals surface area contributed by atoms with Gasteiger partial charge in [-0.1, -0.05) is 26.1 Å². The van der Waals surface area contributed by atoms with E-state index in [-0.39, 0.29) is 0 Å². The molecule has 0 saturated heterocycles. The molecule has 0 aromatic rings. The Morgan fingerprint density at radius 2 is 1.87 bits per heavy atom. The van der Waals surface area contributed by atoms with Crippen LogP contribution >= 0.6 is 12.2 Å². The summed E-state index contributed by atoms with van der Waals surface area (Å²) in [4.78, 5) is 0.601. The fourth-order valence-electron chi connectivity index (χ4n) is 2.51. The molecule has 1 fully saturated rings. The Kier molecular flexibility index (Phi) is 5.54. The van der Waals surface area contributed by atoms with E-state index < -0.39 is 0 Å². The van der Waals surface area contributed by atoms with Gasteiger partial charge in [0.1, 0.15) is 0 Å². The molecule has 2 N–H and O–H groups in total. The van der Waals surface area contributed by atoms with Crippen LogP contribution in [0.3, 0.4) is 0 Å². The van der Waals surface area contributed by atoms with Gasteiger partial charge in [-0.25, -0.2) is 0 Å². The lowest BCUT2D eigenvalue weighted by atomic mass is 9.82. The molecule has 0 radical (unpaired) electrons. The van der Waals surface area contributed by atoms with Gasteiger partial charge in [-0.3, -0.25) is 0 Å². The molecule has 15 heavy (non-hydrogen) atoms. The van der Waals surface area contributed by atoms with Crippen molar-refractivity contribution in [3.05, 3.63) is 0 Å². The third-order valence-corrected chi connectivity index (χ3v) is 3.26. The average Bonchev–Trinajstić information content (AvgIpc) is 2.10. The first-order valence-electron chi connectivity index (χ1n) is 5.97. The van der Waals surface area contributed by atoms with Gasteiger partial charge >= 0.3 is 0 Å². The van der Waals surface area contributed by atoms with Crippen LogP contribution in [0.1, 0.15) is 46.0 Å². The van der Waals surface area contributed by atoms with Gasteiger partial charge in [-0.05, 0) is 43.9 Å². The van der Waals surface area contributed by atoms with Crippen LogP contribution in [0, 0.1) is 11.8 Å². The highest BCUT2D eigenvalue weighted by atomic mass is 32.1. The second kappa shape index (κ2) is 6.44. The topological polar surface area (TPSA) is 35.2 Å². The molecule has 0 aromatic heterocycles. The monoisotopic (exact) mass is 229 g/mol. The van der Waals surface area contributed by atoms with Crippen LogP contribution < -0.4 is 5.73 Å². The van der Waals surface area contributed by atoms with Gasteiger partial charge in [0.15, 0.2) is 0 Å². The van der Waals surface area contributed by atoms with E-state index in [1.165, 1.54) is 19.3 Å². The van der Waals surface area contributed by atoms with Crippen molar-refractivity contribution in [2.45, 2.75) is 52.1 Å². The third kappa shape index (κ3) is 5.47. The van der Waals surface area contributed by atoms with Crippen molar-refractivity contribution < 1.29 is 4.74 Å². The summed E-state index contributed by atoms with van der Waals surface area (Å²) >= 11 is 4.83. The Morgan fingerprint density at radius 1 is 1.27 bits per heavy atom. The Morgan fingerprint density at radius 3 is 2.40 bits per heavy atom. The molecule has 1 aliphatic carbocycles. The van der Waals surface area contributed by atoms with Crippen molar-refractivity contribution in [1.82, 2.24) is 0 Å². The molecule has 0 bridgehead atoms. The maximum absolute atomic E-state index is 5.86. The van der Waals surface area contributed by atoms with Gasteiger partial charge in [-0.2, -0.15) is 0 Å². The SMILES string of the molecule is CC1CC(C)CC(OCCCC(N)=S)C1. The Bertz CT molecular complexity index is 198. The first-order chi connectivity index (χ1) is 7.08. The third-order valence-electron chi connectivity index (χ3n) is 3.06. The van der Waals surface area contributed by atoms with E-state index in [0.717, 1.165) is 31.3 Å². The van der Waals surface area contributed by atoms with Crippen molar-refractivity contribution in [2.75, 3.05) is 6.61 Å². The summed E-state index contributed by atoms with van der Waals surface area (Å²) in [5.41, 5.74) is 5.43. The Hall–Kier alpha value is -0.150. The van der Waals surface area contributed by atoms with E-state index >= 15 is 0 Å². The number of thiocarbonyl (C=S) groups is 1. The zero-order chi connectivity index (χ0) is 11.3. The minimum Gasteiger partial charge on any atom is -0.393 e. The molecule has 0 aliphatic heterocycles. The zero-order valence-corrected chi connectivity index (χ0v) is 10.7. The second-order valence-corrected chi connectivity index (χ2v) is 5.50. The van der Waals surface area contributed by atoms with E-state index in [0.29, 0.717) is 11.1 Å². The summed E-state index contributed by atoms with van der Waals surface area (Å²) < 4.78 is 5.86. The van der Waals surface area contributed by atoms with E-state index in [9.17, 15) is 0 Å². The van der Waals surface area contributed by atoms with Gasteiger partial charge in [-0.15, -0.1) is 0 Å². The van der Waals surface area contributed by atoms with Crippen LogP contribution in [0.4, 0.5) is 0 Å². The zero-order valence-electron chi connectivity index (χ0n) is 9.87. The molecule has 0 amide bonds. The Balaban J connectivity index is 2.12.